The average Bonchev–Trinajstić information content (AvgIpc) is 3.04. The van der Waals surface area contributed by atoms with Crippen LogP contribution in [0.1, 0.15) is 16.8 Å². The zero-order chi connectivity index (χ0) is 17.8. The second-order valence-corrected chi connectivity index (χ2v) is 6.18. The number of carbonyl (C=O) groups is 1. The average molecular weight is 335 g/mol. The number of anilines is 1. The summed E-state index contributed by atoms with van der Waals surface area (Å²) in [5.41, 5.74) is -0.276. The Balaban J connectivity index is 1.99. The Hall–Kier alpha value is -3.12. The van der Waals surface area contributed by atoms with Gasteiger partial charge in [-0.15, -0.1) is 0 Å². The van der Waals surface area contributed by atoms with Crippen LogP contribution in [0.4, 0.5) is 5.69 Å². The molecule has 6 heteroatoms. The Labute approximate surface area is 143 Å². The van der Waals surface area contributed by atoms with E-state index in [4.69, 9.17) is 0 Å². The van der Waals surface area contributed by atoms with Crippen LogP contribution in [0.3, 0.4) is 0 Å². The number of aromatic nitrogens is 2. The number of carbonyl (C=O) groups excluding carboxylic acids is 1. The monoisotopic (exact) mass is 335 g/mol. The molecule has 1 aliphatic rings. The second kappa shape index (κ2) is 5.19. The van der Waals surface area contributed by atoms with Crippen molar-refractivity contribution < 1.29 is 9.90 Å². The fraction of sp³-hybridized carbons (Fsp3) is 0.158. The zero-order valence-electron chi connectivity index (χ0n) is 13.9. The van der Waals surface area contributed by atoms with Gasteiger partial charge < -0.3 is 10.0 Å². The van der Waals surface area contributed by atoms with E-state index < -0.39 is 17.1 Å². The van der Waals surface area contributed by atoms with Crippen LogP contribution in [0, 0.1) is 6.92 Å². The van der Waals surface area contributed by atoms with Crippen molar-refractivity contribution in [1.82, 2.24) is 9.78 Å². The van der Waals surface area contributed by atoms with E-state index in [1.54, 1.807) is 50.4 Å². The number of aryl methyl sites for hydroxylation is 1. The summed E-state index contributed by atoms with van der Waals surface area (Å²) in [6.45, 7) is 1.68. The first kappa shape index (κ1) is 15.4. The van der Waals surface area contributed by atoms with Crippen molar-refractivity contribution >= 4 is 11.6 Å². The number of fused-ring (bicyclic) bond motifs is 1. The fourth-order valence-corrected chi connectivity index (χ4v) is 3.51. The minimum Gasteiger partial charge on any atom is -0.371 e. The molecular formula is C19H17N3O3. The minimum atomic E-state index is -2.00. The number of hydrogen-bond acceptors (Lipinski definition) is 3. The summed E-state index contributed by atoms with van der Waals surface area (Å²) in [4.78, 5) is 27.3. The van der Waals surface area contributed by atoms with Crippen molar-refractivity contribution in [1.29, 1.82) is 0 Å². The van der Waals surface area contributed by atoms with Crippen LogP contribution in [-0.2, 0) is 10.4 Å². The van der Waals surface area contributed by atoms with E-state index in [2.05, 4.69) is 5.10 Å². The van der Waals surface area contributed by atoms with E-state index in [0.29, 0.717) is 22.6 Å². The summed E-state index contributed by atoms with van der Waals surface area (Å²) in [5, 5.41) is 14.3. The summed E-state index contributed by atoms with van der Waals surface area (Å²) in [5.74, 6) is -0.534. The molecule has 0 spiro atoms. The summed E-state index contributed by atoms with van der Waals surface area (Å²) in [6, 6.07) is 16.0. The number of para-hydroxylation sites is 2. The highest BCUT2D eigenvalue weighted by atomic mass is 16.3. The van der Waals surface area contributed by atoms with Crippen LogP contribution in [0.5, 0.6) is 0 Å². The van der Waals surface area contributed by atoms with E-state index in [-0.39, 0.29) is 5.56 Å². The Morgan fingerprint density at radius 1 is 1.00 bits per heavy atom. The minimum absolute atomic E-state index is 0.0538. The fourth-order valence-electron chi connectivity index (χ4n) is 3.51. The van der Waals surface area contributed by atoms with Crippen molar-refractivity contribution in [2.24, 2.45) is 0 Å². The third kappa shape index (κ3) is 1.94. The number of rotatable bonds is 2. The molecule has 0 saturated carbocycles. The molecule has 1 atom stereocenters. The quantitative estimate of drug-likeness (QED) is 0.748. The molecule has 2 N–H and O–H groups in total. The van der Waals surface area contributed by atoms with Crippen molar-refractivity contribution in [3.8, 4) is 5.69 Å². The van der Waals surface area contributed by atoms with Gasteiger partial charge in [-0.2, -0.15) is 0 Å². The third-order valence-electron chi connectivity index (χ3n) is 4.72. The van der Waals surface area contributed by atoms with Gasteiger partial charge in [0.25, 0.3) is 11.5 Å². The van der Waals surface area contributed by atoms with Crippen molar-refractivity contribution in [3.63, 3.8) is 0 Å². The van der Waals surface area contributed by atoms with Crippen LogP contribution in [0.25, 0.3) is 5.69 Å². The SMILES string of the molecule is Cc1[nH]n(-c2ccccc2)c(=O)c1C1(O)C(=O)N(C)c2ccccc21. The van der Waals surface area contributed by atoms with Gasteiger partial charge in [-0.3, -0.25) is 14.7 Å². The molecule has 0 radical (unpaired) electrons. The van der Waals surface area contributed by atoms with Crippen LogP contribution >= 0.6 is 0 Å². The number of aliphatic hydroxyl groups is 1. The Kier molecular flexibility index (Phi) is 3.20. The lowest BCUT2D eigenvalue weighted by Gasteiger charge is -2.20. The van der Waals surface area contributed by atoms with Gasteiger partial charge in [-0.25, -0.2) is 4.68 Å². The normalized spacial score (nSPS) is 19.3. The number of benzene rings is 2. The molecule has 2 aromatic carbocycles. The summed E-state index contributed by atoms with van der Waals surface area (Å²) in [6.07, 6.45) is 0. The highest BCUT2D eigenvalue weighted by molar-refractivity contribution is 6.08. The van der Waals surface area contributed by atoms with Gasteiger partial charge in [-0.05, 0) is 25.1 Å². The molecule has 2 heterocycles. The smallest absolute Gasteiger partial charge is 0.278 e. The molecule has 6 nitrogen and oxygen atoms in total. The summed E-state index contributed by atoms with van der Waals surface area (Å²) in [7, 11) is 1.59. The molecule has 3 aromatic rings. The summed E-state index contributed by atoms with van der Waals surface area (Å²) >= 11 is 0. The number of amides is 1. The lowest BCUT2D eigenvalue weighted by atomic mass is 9.88. The lowest BCUT2D eigenvalue weighted by Crippen LogP contribution is -2.43. The zero-order valence-corrected chi connectivity index (χ0v) is 13.9. The number of hydrogen-bond donors (Lipinski definition) is 2. The van der Waals surface area contributed by atoms with Crippen LogP contribution in [0.15, 0.2) is 59.4 Å². The molecule has 1 aliphatic heterocycles. The first-order chi connectivity index (χ1) is 12.0. The Bertz CT molecular complexity index is 1040. The van der Waals surface area contributed by atoms with Crippen molar-refractivity contribution in [2.45, 2.75) is 12.5 Å². The molecule has 4 rings (SSSR count). The first-order valence-corrected chi connectivity index (χ1v) is 7.94. The maximum absolute atomic E-state index is 13.0. The van der Waals surface area contributed by atoms with Gasteiger partial charge in [0, 0.05) is 18.3 Å². The van der Waals surface area contributed by atoms with Crippen LogP contribution in [-0.4, -0.2) is 27.8 Å². The van der Waals surface area contributed by atoms with E-state index in [1.165, 1.54) is 9.58 Å². The van der Waals surface area contributed by atoms with E-state index in [0.717, 1.165) is 0 Å². The second-order valence-electron chi connectivity index (χ2n) is 6.18. The highest BCUT2D eigenvalue weighted by Gasteiger charge is 2.52. The van der Waals surface area contributed by atoms with E-state index in [1.807, 2.05) is 18.2 Å². The predicted molar refractivity (Wildman–Crippen MR) is 94.0 cm³/mol. The predicted octanol–water partition coefficient (Wildman–Crippen LogP) is 1.69. The molecule has 25 heavy (non-hydrogen) atoms. The number of aromatic amines is 1. The lowest BCUT2D eigenvalue weighted by molar-refractivity contribution is -0.132. The van der Waals surface area contributed by atoms with E-state index in [9.17, 15) is 14.7 Å². The van der Waals surface area contributed by atoms with Crippen LogP contribution in [0.2, 0.25) is 0 Å². The third-order valence-corrected chi connectivity index (χ3v) is 4.72. The molecule has 0 saturated heterocycles. The standard InChI is InChI=1S/C19H17N3O3/c1-12-16(17(23)22(20-12)13-8-4-3-5-9-13)19(25)14-10-6-7-11-15(14)21(2)18(19)24/h3-11,20,25H,1-2H3. The Morgan fingerprint density at radius 3 is 2.36 bits per heavy atom. The molecule has 0 aliphatic carbocycles. The molecule has 0 bridgehead atoms. The maximum atomic E-state index is 13.0. The highest BCUT2D eigenvalue weighted by Crippen LogP contribution is 2.43. The first-order valence-electron chi connectivity index (χ1n) is 7.94. The van der Waals surface area contributed by atoms with Gasteiger partial charge in [-0.1, -0.05) is 36.4 Å². The van der Waals surface area contributed by atoms with Crippen molar-refractivity contribution in [3.05, 3.63) is 81.8 Å². The summed E-state index contributed by atoms with van der Waals surface area (Å²) < 4.78 is 1.34. The van der Waals surface area contributed by atoms with Crippen molar-refractivity contribution in [2.75, 3.05) is 11.9 Å². The molecular weight excluding hydrogens is 318 g/mol. The molecule has 1 amide bonds. The number of nitrogens with one attached hydrogen (secondary N) is 1. The van der Waals surface area contributed by atoms with Gasteiger partial charge >= 0.3 is 0 Å². The largest absolute Gasteiger partial charge is 0.371 e. The maximum Gasteiger partial charge on any atom is 0.278 e. The number of likely N-dealkylation sites (N-methyl/N-ethyl adjacent to an activating group) is 1. The molecule has 126 valence electrons. The Morgan fingerprint density at radius 2 is 1.64 bits per heavy atom. The van der Waals surface area contributed by atoms with Gasteiger partial charge in [0.15, 0.2) is 0 Å². The molecule has 1 unspecified atom stereocenters. The van der Waals surface area contributed by atoms with Gasteiger partial charge in [0.1, 0.15) is 0 Å². The molecule has 0 fully saturated rings. The van der Waals surface area contributed by atoms with Gasteiger partial charge in [0.2, 0.25) is 5.60 Å². The van der Waals surface area contributed by atoms with Crippen LogP contribution < -0.4 is 10.5 Å². The van der Waals surface area contributed by atoms with Gasteiger partial charge in [0.05, 0.1) is 16.9 Å². The molecule has 1 aromatic heterocycles. The number of nitrogens with zero attached hydrogens (tertiary/aromatic N) is 2. The topological polar surface area (TPSA) is 78.3 Å². The van der Waals surface area contributed by atoms with E-state index >= 15 is 0 Å². The number of H-pyrrole nitrogens is 1.